The molecule has 1 fully saturated rings. The topological polar surface area (TPSA) is 74.6 Å². The molecule has 0 saturated carbocycles. The molecule has 1 aromatic rings. The summed E-state index contributed by atoms with van der Waals surface area (Å²) >= 11 is 0. The van der Waals surface area contributed by atoms with Gasteiger partial charge in [0.05, 0.1) is 6.54 Å². The Hall–Kier alpha value is -1.32. The fraction of sp³-hybridized carbons (Fsp3) is 0.706. The number of amides is 1. The Balaban J connectivity index is 0.00000312. The second-order valence-corrected chi connectivity index (χ2v) is 6.00. The summed E-state index contributed by atoms with van der Waals surface area (Å²) in [6.07, 6.45) is 8.69. The van der Waals surface area contributed by atoms with Crippen LogP contribution < -0.4 is 10.6 Å². The summed E-state index contributed by atoms with van der Waals surface area (Å²) in [5.41, 5.74) is 0. The van der Waals surface area contributed by atoms with E-state index in [1.54, 1.807) is 6.20 Å². The van der Waals surface area contributed by atoms with Crippen molar-refractivity contribution in [3.8, 4) is 0 Å². The van der Waals surface area contributed by atoms with Crippen LogP contribution in [0.1, 0.15) is 39.0 Å². The molecule has 1 amide bonds. The van der Waals surface area contributed by atoms with Crippen molar-refractivity contribution >= 4 is 35.8 Å². The molecule has 25 heavy (non-hydrogen) atoms. The first-order valence-electron chi connectivity index (χ1n) is 9.07. The average Bonchev–Trinajstić information content (AvgIpc) is 3.01. The highest BCUT2D eigenvalue weighted by Gasteiger charge is 2.15. The van der Waals surface area contributed by atoms with Crippen LogP contribution in [0.15, 0.2) is 23.5 Å². The third-order valence-electron chi connectivity index (χ3n) is 4.06. The van der Waals surface area contributed by atoms with E-state index in [0.717, 1.165) is 64.5 Å². The zero-order chi connectivity index (χ0) is 17.0. The Bertz CT molecular complexity index is 505. The molecule has 2 heterocycles. The predicted octanol–water partition coefficient (Wildman–Crippen LogP) is 1.85. The van der Waals surface area contributed by atoms with E-state index in [-0.39, 0.29) is 24.0 Å². The van der Waals surface area contributed by atoms with Crippen LogP contribution in [-0.2, 0) is 11.3 Å². The van der Waals surface area contributed by atoms with Gasteiger partial charge in [-0.15, -0.1) is 24.0 Å². The van der Waals surface area contributed by atoms with Gasteiger partial charge in [0.15, 0.2) is 5.96 Å². The number of aromatic nitrogens is 2. The number of likely N-dealkylation sites (tertiary alicyclic amines) is 1. The quantitative estimate of drug-likeness (QED) is 0.268. The van der Waals surface area contributed by atoms with Crippen LogP contribution in [0, 0.1) is 0 Å². The van der Waals surface area contributed by atoms with E-state index in [1.165, 1.54) is 6.42 Å². The molecule has 0 radical (unpaired) electrons. The number of hydrogen-bond acceptors (Lipinski definition) is 3. The Morgan fingerprint density at radius 2 is 2.16 bits per heavy atom. The number of halogens is 1. The molecular formula is C17H31IN6O. The SMILES string of the molecule is CCNC(=NCCCN1CCCCCC1=O)NCCn1cccn1.I. The lowest BCUT2D eigenvalue weighted by Crippen LogP contribution is -2.39. The van der Waals surface area contributed by atoms with Gasteiger partial charge in [-0.2, -0.15) is 5.10 Å². The van der Waals surface area contributed by atoms with Gasteiger partial charge < -0.3 is 15.5 Å². The molecule has 0 aliphatic carbocycles. The van der Waals surface area contributed by atoms with Gasteiger partial charge in [0.25, 0.3) is 0 Å². The molecule has 0 bridgehead atoms. The molecule has 1 aromatic heterocycles. The standard InChI is InChI=1S/C17H30N6O.HI/c1-2-18-17(20-11-15-23-14-7-10-21-23)19-9-6-13-22-12-5-3-4-8-16(22)24;/h7,10,14H,2-6,8-9,11-13,15H2,1H3,(H2,18,19,20);1H. The number of nitrogens with zero attached hydrogens (tertiary/aromatic N) is 4. The van der Waals surface area contributed by atoms with Crippen LogP contribution in [0.3, 0.4) is 0 Å². The van der Waals surface area contributed by atoms with E-state index in [1.807, 2.05) is 21.8 Å². The molecule has 0 spiro atoms. The average molecular weight is 462 g/mol. The van der Waals surface area contributed by atoms with Crippen molar-refractivity contribution in [3.05, 3.63) is 18.5 Å². The minimum absolute atomic E-state index is 0. The fourth-order valence-electron chi connectivity index (χ4n) is 2.79. The highest BCUT2D eigenvalue weighted by Crippen LogP contribution is 2.11. The summed E-state index contributed by atoms with van der Waals surface area (Å²) in [4.78, 5) is 18.5. The predicted molar refractivity (Wildman–Crippen MR) is 111 cm³/mol. The van der Waals surface area contributed by atoms with Gasteiger partial charge in [-0.1, -0.05) is 6.42 Å². The van der Waals surface area contributed by atoms with Gasteiger partial charge in [0.1, 0.15) is 0 Å². The number of hydrogen-bond donors (Lipinski definition) is 2. The Labute approximate surface area is 167 Å². The van der Waals surface area contributed by atoms with Crippen LogP contribution >= 0.6 is 24.0 Å². The zero-order valence-corrected chi connectivity index (χ0v) is 17.4. The van der Waals surface area contributed by atoms with Gasteiger partial charge in [-0.25, -0.2) is 0 Å². The van der Waals surface area contributed by atoms with E-state index in [9.17, 15) is 4.79 Å². The fourth-order valence-corrected chi connectivity index (χ4v) is 2.79. The van der Waals surface area contributed by atoms with Crippen molar-refractivity contribution in [2.75, 3.05) is 32.7 Å². The zero-order valence-electron chi connectivity index (χ0n) is 15.1. The lowest BCUT2D eigenvalue weighted by atomic mass is 10.2. The molecule has 0 aromatic carbocycles. The molecule has 1 saturated heterocycles. The first-order valence-corrected chi connectivity index (χ1v) is 9.07. The van der Waals surface area contributed by atoms with Gasteiger partial charge in [-0.05, 0) is 32.3 Å². The minimum Gasteiger partial charge on any atom is -0.357 e. The number of aliphatic imine (C=N–C) groups is 1. The van der Waals surface area contributed by atoms with Gasteiger partial charge >= 0.3 is 0 Å². The lowest BCUT2D eigenvalue weighted by molar-refractivity contribution is -0.130. The third kappa shape index (κ3) is 8.55. The normalized spacial score (nSPS) is 15.5. The maximum absolute atomic E-state index is 12.0. The number of rotatable bonds is 8. The number of carbonyl (C=O) groups excluding carboxylic acids is 1. The van der Waals surface area contributed by atoms with E-state index in [4.69, 9.17) is 0 Å². The Kier molecular flexibility index (Phi) is 11.3. The molecule has 2 N–H and O–H groups in total. The van der Waals surface area contributed by atoms with Crippen molar-refractivity contribution < 1.29 is 4.79 Å². The van der Waals surface area contributed by atoms with Crippen molar-refractivity contribution in [3.63, 3.8) is 0 Å². The second-order valence-electron chi connectivity index (χ2n) is 6.00. The first kappa shape index (κ1) is 21.7. The van der Waals surface area contributed by atoms with Crippen molar-refractivity contribution in [1.29, 1.82) is 0 Å². The second kappa shape index (κ2) is 13.0. The highest BCUT2D eigenvalue weighted by atomic mass is 127. The first-order chi connectivity index (χ1) is 11.8. The molecule has 142 valence electrons. The molecular weight excluding hydrogens is 431 g/mol. The maximum Gasteiger partial charge on any atom is 0.222 e. The van der Waals surface area contributed by atoms with E-state index in [0.29, 0.717) is 12.3 Å². The summed E-state index contributed by atoms with van der Waals surface area (Å²) in [6, 6.07) is 1.92. The summed E-state index contributed by atoms with van der Waals surface area (Å²) in [6.45, 7) is 6.91. The number of carbonyl (C=O) groups is 1. The van der Waals surface area contributed by atoms with Crippen LogP contribution in [0.2, 0.25) is 0 Å². The van der Waals surface area contributed by atoms with Crippen LogP contribution in [-0.4, -0.2) is 59.3 Å². The number of nitrogens with one attached hydrogen (secondary N) is 2. The van der Waals surface area contributed by atoms with E-state index < -0.39 is 0 Å². The van der Waals surface area contributed by atoms with Gasteiger partial charge in [0, 0.05) is 51.5 Å². The Morgan fingerprint density at radius 3 is 2.92 bits per heavy atom. The largest absolute Gasteiger partial charge is 0.357 e. The molecule has 1 aliphatic heterocycles. The third-order valence-corrected chi connectivity index (χ3v) is 4.06. The van der Waals surface area contributed by atoms with Crippen LogP contribution in [0.25, 0.3) is 0 Å². The van der Waals surface area contributed by atoms with Crippen LogP contribution in [0.5, 0.6) is 0 Å². The maximum atomic E-state index is 12.0. The lowest BCUT2D eigenvalue weighted by Gasteiger charge is -2.20. The molecule has 0 unspecified atom stereocenters. The van der Waals surface area contributed by atoms with Gasteiger partial charge in [-0.3, -0.25) is 14.5 Å². The summed E-state index contributed by atoms with van der Waals surface area (Å²) in [7, 11) is 0. The van der Waals surface area contributed by atoms with Crippen molar-refractivity contribution in [2.24, 2.45) is 4.99 Å². The minimum atomic E-state index is 0. The molecule has 2 rings (SSSR count). The molecule has 0 atom stereocenters. The summed E-state index contributed by atoms with van der Waals surface area (Å²) < 4.78 is 1.89. The summed E-state index contributed by atoms with van der Waals surface area (Å²) in [5, 5.41) is 10.7. The molecule has 7 nitrogen and oxygen atoms in total. The highest BCUT2D eigenvalue weighted by molar-refractivity contribution is 14.0. The number of guanidine groups is 1. The molecule has 8 heteroatoms. The summed E-state index contributed by atoms with van der Waals surface area (Å²) in [5.74, 6) is 1.13. The Morgan fingerprint density at radius 1 is 1.28 bits per heavy atom. The van der Waals surface area contributed by atoms with Crippen LogP contribution in [0.4, 0.5) is 0 Å². The van der Waals surface area contributed by atoms with E-state index in [2.05, 4.69) is 27.6 Å². The van der Waals surface area contributed by atoms with Gasteiger partial charge in [0.2, 0.25) is 5.91 Å². The monoisotopic (exact) mass is 462 g/mol. The van der Waals surface area contributed by atoms with Crippen molar-refractivity contribution in [2.45, 2.75) is 45.6 Å². The van der Waals surface area contributed by atoms with Crippen molar-refractivity contribution in [1.82, 2.24) is 25.3 Å². The molecule has 1 aliphatic rings. The smallest absolute Gasteiger partial charge is 0.222 e. The van der Waals surface area contributed by atoms with E-state index >= 15 is 0 Å².